The molecule has 0 aliphatic carbocycles. The van der Waals surface area contributed by atoms with Gasteiger partial charge < -0.3 is 9.80 Å². The SMILES string of the molecule is Cc1ccc(CC(=O)N2CCCN(C(=O)c3ccc(=O)[nH]n3)CC2)cc1C. The number of rotatable bonds is 3. The fourth-order valence-electron chi connectivity index (χ4n) is 3.20. The van der Waals surface area contributed by atoms with Crippen LogP contribution in [0.2, 0.25) is 0 Å². The summed E-state index contributed by atoms with van der Waals surface area (Å²) in [5, 5.41) is 6.08. The van der Waals surface area contributed by atoms with Crippen molar-refractivity contribution in [3.63, 3.8) is 0 Å². The van der Waals surface area contributed by atoms with Crippen molar-refractivity contribution in [2.24, 2.45) is 0 Å². The van der Waals surface area contributed by atoms with E-state index in [1.54, 1.807) is 4.90 Å². The number of nitrogens with zero attached hydrogens (tertiary/aromatic N) is 3. The van der Waals surface area contributed by atoms with Crippen molar-refractivity contribution in [3.8, 4) is 0 Å². The van der Waals surface area contributed by atoms with Crippen molar-refractivity contribution in [3.05, 3.63) is 63.1 Å². The van der Waals surface area contributed by atoms with E-state index >= 15 is 0 Å². The highest BCUT2D eigenvalue weighted by Gasteiger charge is 2.23. The highest BCUT2D eigenvalue weighted by atomic mass is 16.2. The van der Waals surface area contributed by atoms with Crippen molar-refractivity contribution >= 4 is 11.8 Å². The Bertz CT molecular complexity index is 886. The topological polar surface area (TPSA) is 86.4 Å². The van der Waals surface area contributed by atoms with Crippen molar-refractivity contribution in [1.29, 1.82) is 0 Å². The van der Waals surface area contributed by atoms with E-state index in [0.29, 0.717) is 39.0 Å². The number of aryl methyl sites for hydroxylation is 2. The summed E-state index contributed by atoms with van der Waals surface area (Å²) in [7, 11) is 0. The molecular formula is C20H24N4O3. The number of benzene rings is 1. The van der Waals surface area contributed by atoms with E-state index in [-0.39, 0.29) is 23.1 Å². The summed E-state index contributed by atoms with van der Waals surface area (Å²) in [5.41, 5.74) is 3.28. The molecule has 1 saturated heterocycles. The molecule has 1 aromatic carbocycles. The monoisotopic (exact) mass is 368 g/mol. The van der Waals surface area contributed by atoms with E-state index in [1.807, 2.05) is 24.0 Å². The normalized spacial score (nSPS) is 14.7. The van der Waals surface area contributed by atoms with E-state index in [1.165, 1.54) is 23.3 Å². The Labute approximate surface area is 158 Å². The predicted octanol–water partition coefficient (Wildman–Crippen LogP) is 1.30. The van der Waals surface area contributed by atoms with E-state index < -0.39 is 0 Å². The van der Waals surface area contributed by atoms with Gasteiger partial charge >= 0.3 is 0 Å². The zero-order valence-corrected chi connectivity index (χ0v) is 15.7. The second-order valence-corrected chi connectivity index (χ2v) is 6.93. The maximum atomic E-state index is 12.7. The highest BCUT2D eigenvalue weighted by Crippen LogP contribution is 2.13. The van der Waals surface area contributed by atoms with Gasteiger partial charge in [0.1, 0.15) is 5.69 Å². The minimum atomic E-state index is -0.342. The van der Waals surface area contributed by atoms with E-state index in [4.69, 9.17) is 0 Å². The third kappa shape index (κ3) is 4.61. The third-order valence-electron chi connectivity index (χ3n) is 4.96. The fourth-order valence-corrected chi connectivity index (χ4v) is 3.20. The van der Waals surface area contributed by atoms with Crippen LogP contribution >= 0.6 is 0 Å². The number of hydrogen-bond donors (Lipinski definition) is 1. The summed E-state index contributed by atoms with van der Waals surface area (Å²) in [5.74, 6) is -0.149. The Hall–Kier alpha value is -2.96. The van der Waals surface area contributed by atoms with Gasteiger partial charge in [-0.2, -0.15) is 5.10 Å². The van der Waals surface area contributed by atoms with E-state index in [0.717, 1.165) is 5.56 Å². The quantitative estimate of drug-likeness (QED) is 0.885. The number of carbonyl (C=O) groups excluding carboxylic acids is 2. The average Bonchev–Trinajstić information content (AvgIpc) is 2.91. The van der Waals surface area contributed by atoms with E-state index in [2.05, 4.69) is 23.2 Å². The molecule has 0 radical (unpaired) electrons. The summed E-state index contributed by atoms with van der Waals surface area (Å²) in [6, 6.07) is 8.81. The first-order chi connectivity index (χ1) is 12.9. The van der Waals surface area contributed by atoms with Crippen LogP contribution < -0.4 is 5.56 Å². The Morgan fingerprint density at radius 1 is 1.00 bits per heavy atom. The molecular weight excluding hydrogens is 344 g/mol. The van der Waals surface area contributed by atoms with Gasteiger partial charge in [0.15, 0.2) is 0 Å². The standard InChI is InChI=1S/C20H24N4O3/c1-14-4-5-16(12-15(14)2)13-19(26)23-8-3-9-24(11-10-23)20(27)17-6-7-18(25)22-21-17/h4-7,12H,3,8-11,13H2,1-2H3,(H,22,25). The summed E-state index contributed by atoms with van der Waals surface area (Å²) >= 11 is 0. The zero-order chi connectivity index (χ0) is 19.4. The molecule has 0 unspecified atom stereocenters. The molecule has 7 heteroatoms. The lowest BCUT2D eigenvalue weighted by Gasteiger charge is -2.22. The molecule has 142 valence electrons. The minimum absolute atomic E-state index is 0.0784. The molecule has 1 fully saturated rings. The first kappa shape index (κ1) is 18.8. The number of carbonyl (C=O) groups is 2. The van der Waals surface area contributed by atoms with Gasteiger partial charge in [-0.3, -0.25) is 14.4 Å². The van der Waals surface area contributed by atoms with Crippen LogP contribution in [0.3, 0.4) is 0 Å². The van der Waals surface area contributed by atoms with Gasteiger partial charge in [0, 0.05) is 32.2 Å². The molecule has 27 heavy (non-hydrogen) atoms. The average molecular weight is 368 g/mol. The molecule has 7 nitrogen and oxygen atoms in total. The van der Waals surface area contributed by atoms with Gasteiger partial charge in [-0.15, -0.1) is 0 Å². The number of aromatic nitrogens is 2. The number of hydrogen-bond acceptors (Lipinski definition) is 4. The van der Waals surface area contributed by atoms with Gasteiger partial charge in [-0.25, -0.2) is 5.10 Å². The molecule has 2 amide bonds. The fraction of sp³-hybridized carbons (Fsp3) is 0.400. The third-order valence-corrected chi connectivity index (χ3v) is 4.96. The zero-order valence-electron chi connectivity index (χ0n) is 15.7. The number of amides is 2. The molecule has 2 heterocycles. The van der Waals surface area contributed by atoms with Crippen LogP contribution in [0.1, 0.15) is 33.6 Å². The molecule has 0 bridgehead atoms. The smallest absolute Gasteiger partial charge is 0.274 e. The van der Waals surface area contributed by atoms with Gasteiger partial charge in [-0.1, -0.05) is 18.2 Å². The first-order valence-corrected chi connectivity index (χ1v) is 9.13. The second kappa shape index (κ2) is 8.16. The number of aromatic amines is 1. The molecule has 1 aliphatic heterocycles. The van der Waals surface area contributed by atoms with Crippen LogP contribution in [-0.4, -0.2) is 58.0 Å². The lowest BCUT2D eigenvalue weighted by molar-refractivity contribution is -0.130. The van der Waals surface area contributed by atoms with Crippen LogP contribution in [-0.2, 0) is 11.2 Å². The second-order valence-electron chi connectivity index (χ2n) is 6.93. The number of nitrogens with one attached hydrogen (secondary N) is 1. The Kier molecular flexibility index (Phi) is 5.69. The largest absolute Gasteiger partial charge is 0.341 e. The lowest BCUT2D eigenvalue weighted by atomic mass is 10.0. The predicted molar refractivity (Wildman–Crippen MR) is 102 cm³/mol. The van der Waals surface area contributed by atoms with Gasteiger partial charge in [0.25, 0.3) is 11.5 Å². The highest BCUT2D eigenvalue weighted by molar-refractivity contribution is 5.92. The Morgan fingerprint density at radius 3 is 2.44 bits per heavy atom. The molecule has 0 saturated carbocycles. The van der Waals surface area contributed by atoms with Gasteiger partial charge in [-0.05, 0) is 43.0 Å². The first-order valence-electron chi connectivity index (χ1n) is 9.13. The maximum absolute atomic E-state index is 12.7. The molecule has 1 aliphatic rings. The molecule has 2 aromatic rings. The minimum Gasteiger partial charge on any atom is -0.341 e. The van der Waals surface area contributed by atoms with Crippen LogP contribution in [0, 0.1) is 13.8 Å². The molecule has 0 atom stereocenters. The molecule has 1 aromatic heterocycles. The van der Waals surface area contributed by atoms with Gasteiger partial charge in [0.05, 0.1) is 6.42 Å². The molecule has 3 rings (SSSR count). The summed E-state index contributed by atoms with van der Waals surface area (Å²) in [6.07, 6.45) is 1.09. The molecule has 1 N–H and O–H groups in total. The number of H-pyrrole nitrogens is 1. The Morgan fingerprint density at radius 2 is 1.74 bits per heavy atom. The maximum Gasteiger partial charge on any atom is 0.274 e. The summed E-state index contributed by atoms with van der Waals surface area (Å²) in [4.78, 5) is 39.8. The van der Waals surface area contributed by atoms with E-state index in [9.17, 15) is 14.4 Å². The van der Waals surface area contributed by atoms with Crippen LogP contribution in [0.15, 0.2) is 35.1 Å². The van der Waals surface area contributed by atoms with Crippen molar-refractivity contribution in [1.82, 2.24) is 20.0 Å². The summed E-state index contributed by atoms with van der Waals surface area (Å²) < 4.78 is 0. The van der Waals surface area contributed by atoms with Crippen molar-refractivity contribution in [2.75, 3.05) is 26.2 Å². The Balaban J connectivity index is 1.61. The van der Waals surface area contributed by atoms with Gasteiger partial charge in [0.2, 0.25) is 5.91 Å². The molecule has 0 spiro atoms. The van der Waals surface area contributed by atoms with Crippen LogP contribution in [0.4, 0.5) is 0 Å². The van der Waals surface area contributed by atoms with Crippen LogP contribution in [0.25, 0.3) is 0 Å². The van der Waals surface area contributed by atoms with Crippen molar-refractivity contribution < 1.29 is 9.59 Å². The van der Waals surface area contributed by atoms with Crippen molar-refractivity contribution in [2.45, 2.75) is 26.7 Å². The van der Waals surface area contributed by atoms with Crippen LogP contribution in [0.5, 0.6) is 0 Å². The summed E-state index contributed by atoms with van der Waals surface area (Å²) in [6.45, 7) is 6.25. The lowest BCUT2D eigenvalue weighted by Crippen LogP contribution is -2.38.